The minimum Gasteiger partial charge on any atom is -0.353 e. The van der Waals surface area contributed by atoms with Gasteiger partial charge >= 0.3 is 0 Å². The van der Waals surface area contributed by atoms with Gasteiger partial charge in [0.05, 0.1) is 0 Å². The Balaban J connectivity index is 0.00000243. The van der Waals surface area contributed by atoms with Gasteiger partial charge in [0.1, 0.15) is 6.54 Å². The van der Waals surface area contributed by atoms with Gasteiger partial charge in [0.25, 0.3) is 0 Å². The van der Waals surface area contributed by atoms with Crippen molar-refractivity contribution in [1.29, 1.82) is 0 Å². The van der Waals surface area contributed by atoms with Crippen LogP contribution in [0.4, 0.5) is 0 Å². The molecule has 1 saturated carbocycles. The first-order chi connectivity index (χ1) is 12.1. The van der Waals surface area contributed by atoms with Crippen molar-refractivity contribution in [1.82, 2.24) is 20.0 Å². The normalized spacial score (nSPS) is 24.6. The Morgan fingerprint density at radius 2 is 1.85 bits per heavy atom. The van der Waals surface area contributed by atoms with Gasteiger partial charge in [-0.3, -0.25) is 9.69 Å². The fraction of sp³-hybridized carbons (Fsp3) is 0.789. The lowest BCUT2D eigenvalue weighted by atomic mass is 9.96. The van der Waals surface area contributed by atoms with Gasteiger partial charge in [-0.05, 0) is 19.3 Å². The van der Waals surface area contributed by atoms with E-state index in [4.69, 9.17) is 0 Å². The topological polar surface area (TPSA) is 51.2 Å². The predicted molar refractivity (Wildman–Crippen MR) is 117 cm³/mol. The molecule has 148 valence electrons. The van der Waals surface area contributed by atoms with Crippen LogP contribution in [-0.2, 0) is 4.79 Å². The predicted octanol–water partition coefficient (Wildman–Crippen LogP) is 1.92. The maximum atomic E-state index is 12.0. The van der Waals surface area contributed by atoms with Crippen LogP contribution < -0.4 is 5.32 Å². The van der Waals surface area contributed by atoms with E-state index < -0.39 is 0 Å². The number of hydrogen-bond donors (Lipinski definition) is 1. The quantitative estimate of drug-likeness (QED) is 0.292. The highest BCUT2D eigenvalue weighted by Crippen LogP contribution is 2.20. The molecule has 3 aliphatic rings. The van der Waals surface area contributed by atoms with Gasteiger partial charge in [-0.25, -0.2) is 4.99 Å². The number of nitrogens with zero attached hydrogens (tertiary/aromatic N) is 4. The number of halogens is 1. The number of rotatable bonds is 4. The molecule has 1 unspecified atom stereocenters. The van der Waals surface area contributed by atoms with Gasteiger partial charge < -0.3 is 15.1 Å². The lowest BCUT2D eigenvalue weighted by Crippen LogP contribution is -2.47. The summed E-state index contributed by atoms with van der Waals surface area (Å²) < 4.78 is 0. The summed E-state index contributed by atoms with van der Waals surface area (Å²) in [5.74, 6) is 0.999. The Kier molecular flexibility index (Phi) is 8.66. The second-order valence-electron chi connectivity index (χ2n) is 7.72. The zero-order valence-corrected chi connectivity index (χ0v) is 18.5. The molecule has 1 saturated heterocycles. The van der Waals surface area contributed by atoms with Gasteiger partial charge in [0.2, 0.25) is 5.91 Å². The fourth-order valence-electron chi connectivity index (χ4n) is 3.98. The number of hydrogen-bond acceptors (Lipinski definition) is 3. The molecule has 6 nitrogen and oxygen atoms in total. The zero-order valence-electron chi connectivity index (χ0n) is 16.2. The molecule has 0 aromatic heterocycles. The molecular formula is C19H34IN5O. The van der Waals surface area contributed by atoms with Crippen LogP contribution in [0.1, 0.15) is 38.5 Å². The lowest BCUT2D eigenvalue weighted by Gasteiger charge is -2.30. The minimum absolute atomic E-state index is 0. The molecule has 1 amide bonds. The molecule has 26 heavy (non-hydrogen) atoms. The molecule has 0 aromatic rings. The van der Waals surface area contributed by atoms with E-state index in [9.17, 15) is 4.79 Å². The Hall–Kier alpha value is -0.830. The van der Waals surface area contributed by atoms with E-state index in [0.717, 1.165) is 32.1 Å². The SMILES string of the molecule is CN(C)C(=O)CN=C(NC1CCCCC1)N1CCC(N2CC=CC2)C1.I. The Morgan fingerprint density at radius 3 is 2.50 bits per heavy atom. The van der Waals surface area contributed by atoms with Crippen LogP contribution in [0.5, 0.6) is 0 Å². The van der Waals surface area contributed by atoms with E-state index in [2.05, 4.69) is 32.3 Å². The van der Waals surface area contributed by atoms with Crippen molar-refractivity contribution in [2.75, 3.05) is 46.8 Å². The Labute approximate surface area is 175 Å². The second kappa shape index (κ2) is 10.5. The van der Waals surface area contributed by atoms with Crippen LogP contribution in [0, 0.1) is 0 Å². The van der Waals surface area contributed by atoms with Crippen LogP contribution in [0.2, 0.25) is 0 Å². The first-order valence-corrected chi connectivity index (χ1v) is 9.78. The molecule has 0 spiro atoms. The summed E-state index contributed by atoms with van der Waals surface area (Å²) in [5, 5.41) is 3.67. The summed E-state index contributed by atoms with van der Waals surface area (Å²) >= 11 is 0. The molecule has 3 rings (SSSR count). The maximum absolute atomic E-state index is 12.0. The smallest absolute Gasteiger partial charge is 0.243 e. The molecule has 1 atom stereocenters. The summed E-state index contributed by atoms with van der Waals surface area (Å²) in [6.45, 7) is 4.40. The molecule has 1 aliphatic carbocycles. The highest BCUT2D eigenvalue weighted by molar-refractivity contribution is 14.0. The van der Waals surface area contributed by atoms with Crippen LogP contribution in [0.15, 0.2) is 17.1 Å². The summed E-state index contributed by atoms with van der Waals surface area (Å²) in [7, 11) is 3.58. The van der Waals surface area contributed by atoms with Gasteiger partial charge in [-0.1, -0.05) is 31.4 Å². The van der Waals surface area contributed by atoms with Crippen molar-refractivity contribution in [3.63, 3.8) is 0 Å². The number of likely N-dealkylation sites (tertiary alicyclic amines) is 1. The van der Waals surface area contributed by atoms with Crippen LogP contribution in [0.25, 0.3) is 0 Å². The number of carbonyl (C=O) groups excluding carboxylic acids is 1. The van der Waals surface area contributed by atoms with Crippen LogP contribution in [-0.4, -0.2) is 85.5 Å². The van der Waals surface area contributed by atoms with Gasteiger partial charge in [-0.15, -0.1) is 24.0 Å². The summed E-state index contributed by atoms with van der Waals surface area (Å²) in [5.41, 5.74) is 0. The van der Waals surface area contributed by atoms with E-state index in [-0.39, 0.29) is 36.4 Å². The van der Waals surface area contributed by atoms with Crippen LogP contribution in [0.3, 0.4) is 0 Å². The van der Waals surface area contributed by atoms with Crippen molar-refractivity contribution in [2.45, 2.75) is 50.6 Å². The molecule has 2 aliphatic heterocycles. The van der Waals surface area contributed by atoms with Crippen molar-refractivity contribution in [3.8, 4) is 0 Å². The Morgan fingerprint density at radius 1 is 1.15 bits per heavy atom. The largest absolute Gasteiger partial charge is 0.353 e. The maximum Gasteiger partial charge on any atom is 0.243 e. The Bertz CT molecular complexity index is 508. The average Bonchev–Trinajstić information content (AvgIpc) is 3.30. The first-order valence-electron chi connectivity index (χ1n) is 9.78. The molecule has 7 heteroatoms. The number of amides is 1. The van der Waals surface area contributed by atoms with Crippen molar-refractivity contribution in [3.05, 3.63) is 12.2 Å². The highest BCUT2D eigenvalue weighted by Gasteiger charge is 2.30. The summed E-state index contributed by atoms with van der Waals surface area (Å²) in [6, 6.07) is 1.10. The molecule has 2 fully saturated rings. The molecule has 1 N–H and O–H groups in total. The van der Waals surface area contributed by atoms with Gasteiger partial charge in [0.15, 0.2) is 5.96 Å². The molecule has 0 aromatic carbocycles. The second-order valence-corrected chi connectivity index (χ2v) is 7.72. The molecule has 0 radical (unpaired) electrons. The minimum atomic E-state index is 0. The van der Waals surface area contributed by atoms with E-state index in [1.807, 2.05) is 0 Å². The number of likely N-dealkylation sites (N-methyl/N-ethyl adjacent to an activating group) is 1. The van der Waals surface area contributed by atoms with E-state index in [1.165, 1.54) is 38.5 Å². The zero-order chi connectivity index (χ0) is 17.6. The van der Waals surface area contributed by atoms with Crippen molar-refractivity contribution >= 4 is 35.8 Å². The summed E-state index contributed by atoms with van der Waals surface area (Å²) in [4.78, 5) is 23.2. The number of guanidine groups is 1. The number of aliphatic imine (C=N–C) groups is 1. The third-order valence-electron chi connectivity index (χ3n) is 5.63. The van der Waals surface area contributed by atoms with Crippen LogP contribution >= 0.6 is 24.0 Å². The fourth-order valence-corrected chi connectivity index (χ4v) is 3.98. The first kappa shape index (κ1) is 21.5. The van der Waals surface area contributed by atoms with Gasteiger partial charge in [0, 0.05) is 52.4 Å². The van der Waals surface area contributed by atoms with Gasteiger partial charge in [-0.2, -0.15) is 0 Å². The average molecular weight is 475 g/mol. The van der Waals surface area contributed by atoms with E-state index >= 15 is 0 Å². The van der Waals surface area contributed by atoms with E-state index in [1.54, 1.807) is 19.0 Å². The van der Waals surface area contributed by atoms with Crippen molar-refractivity contribution in [2.24, 2.45) is 4.99 Å². The molecular weight excluding hydrogens is 441 g/mol. The highest BCUT2D eigenvalue weighted by atomic mass is 127. The number of carbonyl (C=O) groups is 1. The third kappa shape index (κ3) is 5.84. The monoisotopic (exact) mass is 475 g/mol. The number of nitrogens with one attached hydrogen (secondary N) is 1. The van der Waals surface area contributed by atoms with E-state index in [0.29, 0.717) is 12.1 Å². The standard InChI is InChI=1S/C19H33N5O.HI/c1-22(2)18(25)14-20-19(21-16-8-4-3-5-9-16)24-13-10-17(15-24)23-11-6-7-12-23;/h6-7,16-17H,3-5,8-15H2,1-2H3,(H,20,21);1H. The molecule has 0 bridgehead atoms. The lowest BCUT2D eigenvalue weighted by molar-refractivity contribution is -0.127. The third-order valence-corrected chi connectivity index (χ3v) is 5.63. The molecule has 2 heterocycles. The summed E-state index contributed by atoms with van der Waals surface area (Å²) in [6.07, 6.45) is 12.1. The van der Waals surface area contributed by atoms with Crippen molar-refractivity contribution < 1.29 is 4.79 Å².